The van der Waals surface area contributed by atoms with Crippen LogP contribution in [0.5, 0.6) is 0 Å². The first-order valence-corrected chi connectivity index (χ1v) is 9.37. The Kier molecular flexibility index (Phi) is 5.43. The minimum Gasteiger partial charge on any atom is -0.336 e. The molecule has 4 heteroatoms. The first-order valence-electron chi connectivity index (χ1n) is 9.37. The molecule has 4 rings (SSSR count). The van der Waals surface area contributed by atoms with Gasteiger partial charge in [0.25, 0.3) is 0 Å². The van der Waals surface area contributed by atoms with Crippen molar-refractivity contribution >= 4 is 0 Å². The van der Waals surface area contributed by atoms with E-state index in [0.717, 1.165) is 39.3 Å². The highest BCUT2D eigenvalue weighted by molar-refractivity contribution is 5.16. The van der Waals surface area contributed by atoms with E-state index in [9.17, 15) is 0 Å². The van der Waals surface area contributed by atoms with Crippen LogP contribution in [-0.4, -0.2) is 45.0 Å². The fourth-order valence-corrected chi connectivity index (χ4v) is 3.78. The summed E-state index contributed by atoms with van der Waals surface area (Å²) in [5, 5.41) is 0. The zero-order valence-corrected chi connectivity index (χ0v) is 15.1. The van der Waals surface area contributed by atoms with Crippen LogP contribution in [0.15, 0.2) is 79.4 Å². The third-order valence-corrected chi connectivity index (χ3v) is 5.15. The number of benzene rings is 2. The molecule has 0 amide bonds. The second-order valence-electron chi connectivity index (χ2n) is 7.09. The van der Waals surface area contributed by atoms with E-state index < -0.39 is 0 Å². The van der Waals surface area contributed by atoms with Crippen molar-refractivity contribution in [1.29, 1.82) is 0 Å². The molecule has 1 fully saturated rings. The largest absolute Gasteiger partial charge is 0.336 e. The van der Waals surface area contributed by atoms with Crippen LogP contribution in [0.3, 0.4) is 0 Å². The second-order valence-corrected chi connectivity index (χ2v) is 7.09. The quantitative estimate of drug-likeness (QED) is 0.685. The summed E-state index contributed by atoms with van der Waals surface area (Å²) >= 11 is 0. The van der Waals surface area contributed by atoms with Gasteiger partial charge in [0.1, 0.15) is 0 Å². The Morgan fingerprint density at radius 1 is 0.846 bits per heavy atom. The molecule has 134 valence electrons. The molecule has 0 bridgehead atoms. The van der Waals surface area contributed by atoms with Crippen LogP contribution in [0.2, 0.25) is 0 Å². The molecule has 0 saturated carbocycles. The van der Waals surface area contributed by atoms with Gasteiger partial charge in [0.05, 0.1) is 6.33 Å². The van der Waals surface area contributed by atoms with Crippen LogP contribution < -0.4 is 0 Å². The molecular weight excluding hydrogens is 320 g/mol. The molecule has 1 aliphatic rings. The van der Waals surface area contributed by atoms with E-state index in [1.54, 1.807) is 0 Å². The maximum Gasteiger partial charge on any atom is 0.0946 e. The number of imidazole rings is 1. The summed E-state index contributed by atoms with van der Waals surface area (Å²) in [4.78, 5) is 9.42. The van der Waals surface area contributed by atoms with Gasteiger partial charge in [-0.25, -0.2) is 4.98 Å². The highest BCUT2D eigenvalue weighted by Crippen LogP contribution is 2.18. The van der Waals surface area contributed by atoms with Gasteiger partial charge in [0, 0.05) is 57.7 Å². The molecule has 0 radical (unpaired) electrons. The third-order valence-electron chi connectivity index (χ3n) is 5.15. The summed E-state index contributed by atoms with van der Waals surface area (Å²) in [6.07, 6.45) is 5.86. The lowest BCUT2D eigenvalue weighted by Crippen LogP contribution is -2.53. The molecule has 1 unspecified atom stereocenters. The van der Waals surface area contributed by atoms with Crippen molar-refractivity contribution in [3.05, 3.63) is 90.5 Å². The number of nitrogens with zero attached hydrogens (tertiary/aromatic N) is 4. The zero-order chi connectivity index (χ0) is 17.6. The molecular formula is C22H26N4. The van der Waals surface area contributed by atoms with Crippen LogP contribution in [0.4, 0.5) is 0 Å². The molecule has 4 nitrogen and oxygen atoms in total. The highest BCUT2D eigenvalue weighted by Gasteiger charge is 2.27. The fourth-order valence-electron chi connectivity index (χ4n) is 3.78. The van der Waals surface area contributed by atoms with Gasteiger partial charge in [0.15, 0.2) is 0 Å². The standard InChI is InChI=1S/C22H26N4/c1-3-7-20(8-4-1)15-24-13-14-26(16-21-9-5-2-6-10-21)22(17-24)18-25-12-11-23-19-25/h1-12,19,22H,13-18H2. The van der Waals surface area contributed by atoms with Crippen LogP contribution in [0.1, 0.15) is 11.1 Å². The Labute approximate surface area is 155 Å². The van der Waals surface area contributed by atoms with Gasteiger partial charge >= 0.3 is 0 Å². The monoisotopic (exact) mass is 346 g/mol. The molecule has 1 atom stereocenters. The Morgan fingerprint density at radius 3 is 2.19 bits per heavy atom. The summed E-state index contributed by atoms with van der Waals surface area (Å²) < 4.78 is 2.20. The predicted octanol–water partition coefficient (Wildman–Crippen LogP) is 3.27. The normalized spacial score (nSPS) is 18.8. The van der Waals surface area contributed by atoms with Crippen molar-refractivity contribution < 1.29 is 0 Å². The summed E-state index contributed by atoms with van der Waals surface area (Å²) in [5.41, 5.74) is 2.78. The first-order chi connectivity index (χ1) is 12.9. The number of hydrogen-bond acceptors (Lipinski definition) is 3. The Hall–Kier alpha value is -2.43. The van der Waals surface area contributed by atoms with Crippen molar-refractivity contribution in [3.8, 4) is 0 Å². The van der Waals surface area contributed by atoms with Crippen molar-refractivity contribution in [2.45, 2.75) is 25.7 Å². The SMILES string of the molecule is c1ccc(CN2CCN(Cc3ccccc3)C(Cn3ccnc3)C2)cc1. The second kappa shape index (κ2) is 8.30. The molecule has 3 aromatic rings. The third kappa shape index (κ3) is 4.40. The van der Waals surface area contributed by atoms with Crippen molar-refractivity contribution in [2.24, 2.45) is 0 Å². The first kappa shape index (κ1) is 17.0. The van der Waals surface area contributed by atoms with E-state index in [4.69, 9.17) is 0 Å². The molecule has 0 N–H and O–H groups in total. The number of aromatic nitrogens is 2. The molecule has 2 heterocycles. The maximum absolute atomic E-state index is 4.21. The average Bonchev–Trinajstić information content (AvgIpc) is 3.19. The number of hydrogen-bond donors (Lipinski definition) is 0. The molecule has 0 aliphatic carbocycles. The lowest BCUT2D eigenvalue weighted by molar-refractivity contribution is 0.0550. The molecule has 26 heavy (non-hydrogen) atoms. The van der Waals surface area contributed by atoms with Gasteiger partial charge in [-0.05, 0) is 11.1 Å². The summed E-state index contributed by atoms with van der Waals surface area (Å²) in [6, 6.07) is 22.1. The fraction of sp³-hybridized carbons (Fsp3) is 0.318. The van der Waals surface area contributed by atoms with Gasteiger partial charge < -0.3 is 4.57 Å². The van der Waals surface area contributed by atoms with Gasteiger partial charge in [-0.1, -0.05) is 60.7 Å². The van der Waals surface area contributed by atoms with Crippen LogP contribution in [-0.2, 0) is 19.6 Å². The summed E-state index contributed by atoms with van der Waals surface area (Å²) in [5.74, 6) is 0. The maximum atomic E-state index is 4.21. The van der Waals surface area contributed by atoms with Gasteiger partial charge in [0.2, 0.25) is 0 Å². The van der Waals surface area contributed by atoms with E-state index in [1.165, 1.54) is 11.1 Å². The zero-order valence-electron chi connectivity index (χ0n) is 15.1. The molecule has 2 aromatic carbocycles. The molecule has 1 saturated heterocycles. The van der Waals surface area contributed by atoms with E-state index in [2.05, 4.69) is 86.2 Å². The Morgan fingerprint density at radius 2 is 1.54 bits per heavy atom. The van der Waals surface area contributed by atoms with Crippen LogP contribution >= 0.6 is 0 Å². The van der Waals surface area contributed by atoms with E-state index in [1.807, 2.05) is 12.5 Å². The van der Waals surface area contributed by atoms with Crippen LogP contribution in [0, 0.1) is 0 Å². The Balaban J connectivity index is 1.46. The van der Waals surface area contributed by atoms with Crippen LogP contribution in [0.25, 0.3) is 0 Å². The van der Waals surface area contributed by atoms with E-state index in [-0.39, 0.29) is 0 Å². The van der Waals surface area contributed by atoms with Crippen molar-refractivity contribution in [3.63, 3.8) is 0 Å². The van der Waals surface area contributed by atoms with Crippen molar-refractivity contribution in [1.82, 2.24) is 19.4 Å². The smallest absolute Gasteiger partial charge is 0.0946 e. The highest BCUT2D eigenvalue weighted by atomic mass is 15.3. The number of piperazine rings is 1. The number of rotatable bonds is 6. The minimum absolute atomic E-state index is 0.488. The van der Waals surface area contributed by atoms with Gasteiger partial charge in [-0.3, -0.25) is 9.80 Å². The summed E-state index contributed by atoms with van der Waals surface area (Å²) in [7, 11) is 0. The lowest BCUT2D eigenvalue weighted by Gasteiger charge is -2.41. The molecule has 1 aliphatic heterocycles. The van der Waals surface area contributed by atoms with Gasteiger partial charge in [-0.2, -0.15) is 0 Å². The Bertz CT molecular complexity index is 770. The average molecular weight is 346 g/mol. The van der Waals surface area contributed by atoms with E-state index >= 15 is 0 Å². The topological polar surface area (TPSA) is 24.3 Å². The summed E-state index contributed by atoms with van der Waals surface area (Å²) in [6.45, 7) is 6.32. The predicted molar refractivity (Wildman–Crippen MR) is 105 cm³/mol. The van der Waals surface area contributed by atoms with E-state index in [0.29, 0.717) is 6.04 Å². The van der Waals surface area contributed by atoms with Gasteiger partial charge in [-0.15, -0.1) is 0 Å². The lowest BCUT2D eigenvalue weighted by atomic mass is 10.1. The minimum atomic E-state index is 0.488. The molecule has 1 aromatic heterocycles. The molecule has 0 spiro atoms. The van der Waals surface area contributed by atoms with Crippen molar-refractivity contribution in [2.75, 3.05) is 19.6 Å².